The molecule has 5 rings (SSSR count). The number of aliphatic hydroxyl groups excluding tert-OH is 1. The van der Waals surface area contributed by atoms with Gasteiger partial charge in [-0.05, 0) is 48.2 Å². The highest BCUT2D eigenvalue weighted by Crippen LogP contribution is 2.42. The van der Waals surface area contributed by atoms with Crippen molar-refractivity contribution < 1.29 is 33.6 Å². The predicted octanol–water partition coefficient (Wildman–Crippen LogP) is 4.99. The maximum absolute atomic E-state index is 13.1. The Morgan fingerprint density at radius 3 is 2.48 bits per heavy atom. The summed E-state index contributed by atoms with van der Waals surface area (Å²) in [6, 6.07) is 23.6. The summed E-state index contributed by atoms with van der Waals surface area (Å²) in [4.78, 5) is 28.0. The van der Waals surface area contributed by atoms with Crippen LogP contribution < -0.4 is 10.6 Å². The maximum atomic E-state index is 13.1. The Hall–Kier alpha value is -3.80. The van der Waals surface area contributed by atoms with Crippen LogP contribution in [0.5, 0.6) is 0 Å². The number of nitrogens with one attached hydrogen (secondary N) is 2. The number of ether oxygens (including phenoxy) is 4. The summed E-state index contributed by atoms with van der Waals surface area (Å²) in [5, 5.41) is 15.2. The second-order valence-corrected chi connectivity index (χ2v) is 12.1. The van der Waals surface area contributed by atoms with Crippen molar-refractivity contribution in [3.8, 4) is 0 Å². The minimum atomic E-state index is -0.853. The molecule has 10 heteroatoms. The lowest BCUT2D eigenvalue weighted by molar-refractivity contribution is -0.276. The molecule has 2 heterocycles. The van der Waals surface area contributed by atoms with Crippen LogP contribution in [0.1, 0.15) is 54.4 Å². The van der Waals surface area contributed by atoms with Gasteiger partial charge < -0.3 is 34.7 Å². The lowest BCUT2D eigenvalue weighted by Gasteiger charge is -2.43. The van der Waals surface area contributed by atoms with E-state index in [0.717, 1.165) is 48.2 Å². The molecule has 2 aliphatic rings. The number of benzene rings is 3. The molecule has 0 aromatic heterocycles. The molecule has 3 N–H and O–H groups in total. The van der Waals surface area contributed by atoms with Crippen molar-refractivity contribution in [1.29, 1.82) is 0 Å². The second-order valence-electron chi connectivity index (χ2n) is 12.1. The topological polar surface area (TPSA) is 119 Å². The van der Waals surface area contributed by atoms with Crippen molar-refractivity contribution in [1.82, 2.24) is 10.2 Å². The van der Waals surface area contributed by atoms with Gasteiger partial charge in [-0.25, -0.2) is 9.59 Å². The molecule has 0 aliphatic carbocycles. The summed E-state index contributed by atoms with van der Waals surface area (Å²) in [6.45, 7) is 4.56. The van der Waals surface area contributed by atoms with Crippen LogP contribution in [0.4, 0.5) is 10.5 Å². The fraction of sp³-hybridized carbons (Fsp3) is 0.444. The third-order valence-electron chi connectivity index (χ3n) is 8.89. The number of amides is 2. The molecule has 2 fully saturated rings. The number of hydrogen-bond donors (Lipinski definition) is 3. The lowest BCUT2D eigenvalue weighted by Crippen LogP contribution is -2.46. The van der Waals surface area contributed by atoms with Crippen LogP contribution in [0.3, 0.4) is 0 Å². The molecule has 2 saturated heterocycles. The number of rotatable bonds is 12. The smallest absolute Gasteiger partial charge is 0.328 e. The summed E-state index contributed by atoms with van der Waals surface area (Å²) in [5.74, 6) is -0.479. The van der Waals surface area contributed by atoms with Crippen molar-refractivity contribution >= 4 is 17.7 Å². The van der Waals surface area contributed by atoms with Gasteiger partial charge in [-0.15, -0.1) is 0 Å². The number of aliphatic hydroxyl groups is 1. The average Bonchev–Trinajstić information content (AvgIpc) is 3.52. The molecule has 0 radical (unpaired) electrons. The standard InChI is InChI=1S/C36H45N3O7/c1-24-32(21-39-18-8-13-30(39)23-43-2)45-35(46-33(24)27-16-14-26(22-40)15-17-27)28-11-7-12-29(20-28)37-36(42)38-31(34(41)44-3)19-25-9-5-4-6-10-25/h4-7,9-12,14-17,20,24,30-33,35,40H,8,13,18-19,21-23H2,1-3H3,(H2,37,38,42). The molecule has 46 heavy (non-hydrogen) atoms. The molecule has 6 atom stereocenters. The fourth-order valence-electron chi connectivity index (χ4n) is 6.35. The van der Waals surface area contributed by atoms with Crippen molar-refractivity contribution in [2.24, 2.45) is 5.92 Å². The van der Waals surface area contributed by atoms with Gasteiger partial charge in [-0.2, -0.15) is 0 Å². The van der Waals surface area contributed by atoms with E-state index in [2.05, 4.69) is 22.5 Å². The van der Waals surface area contributed by atoms with E-state index >= 15 is 0 Å². The van der Waals surface area contributed by atoms with Crippen LogP contribution in [0.2, 0.25) is 0 Å². The van der Waals surface area contributed by atoms with Gasteiger partial charge in [0.25, 0.3) is 0 Å². The van der Waals surface area contributed by atoms with E-state index in [4.69, 9.17) is 18.9 Å². The quantitative estimate of drug-likeness (QED) is 0.240. The van der Waals surface area contributed by atoms with Gasteiger partial charge in [0.2, 0.25) is 0 Å². The Bertz CT molecular complexity index is 1420. The minimum Gasteiger partial charge on any atom is -0.467 e. The SMILES string of the molecule is COCC1CCCN1CC1OC(c2cccc(NC(=O)NC(Cc3ccccc3)C(=O)OC)c2)OC(c2ccc(CO)cc2)C1C. The zero-order valence-corrected chi connectivity index (χ0v) is 26.8. The van der Waals surface area contributed by atoms with Gasteiger partial charge in [0.15, 0.2) is 6.29 Å². The monoisotopic (exact) mass is 631 g/mol. The number of carbonyl (C=O) groups excluding carboxylic acids is 2. The molecule has 3 aromatic carbocycles. The Labute approximate surface area is 271 Å². The van der Waals surface area contributed by atoms with Crippen molar-refractivity contribution in [3.05, 3.63) is 101 Å². The van der Waals surface area contributed by atoms with Crippen molar-refractivity contribution in [2.45, 2.75) is 63.4 Å². The van der Waals surface area contributed by atoms with Crippen LogP contribution in [-0.4, -0.2) is 74.1 Å². The molecule has 2 aliphatic heterocycles. The highest BCUT2D eigenvalue weighted by atomic mass is 16.7. The van der Waals surface area contributed by atoms with Crippen LogP contribution in [0.25, 0.3) is 0 Å². The highest BCUT2D eigenvalue weighted by Gasteiger charge is 2.40. The Morgan fingerprint density at radius 2 is 1.76 bits per heavy atom. The van der Waals surface area contributed by atoms with Gasteiger partial charge in [0.05, 0.1) is 32.5 Å². The first-order valence-electron chi connectivity index (χ1n) is 15.9. The van der Waals surface area contributed by atoms with Gasteiger partial charge in [0.1, 0.15) is 6.04 Å². The maximum Gasteiger partial charge on any atom is 0.328 e. The first kappa shape index (κ1) is 33.6. The molecule has 6 unspecified atom stereocenters. The Kier molecular flexibility index (Phi) is 11.8. The van der Waals surface area contributed by atoms with Gasteiger partial charge in [-0.1, -0.05) is 73.7 Å². The molecule has 0 bridgehead atoms. The largest absolute Gasteiger partial charge is 0.467 e. The Balaban J connectivity index is 1.33. The van der Waals surface area contributed by atoms with E-state index in [1.165, 1.54) is 7.11 Å². The number of esters is 1. The van der Waals surface area contributed by atoms with Crippen molar-refractivity contribution in [2.75, 3.05) is 39.2 Å². The number of carbonyl (C=O) groups is 2. The number of hydrogen-bond acceptors (Lipinski definition) is 8. The normalized spacial score (nSPS) is 23.9. The molecule has 0 saturated carbocycles. The lowest BCUT2D eigenvalue weighted by atomic mass is 9.90. The number of urea groups is 1. The van der Waals surface area contributed by atoms with E-state index in [-0.39, 0.29) is 24.7 Å². The van der Waals surface area contributed by atoms with E-state index in [9.17, 15) is 14.7 Å². The van der Waals surface area contributed by atoms with E-state index in [1.807, 2.05) is 72.8 Å². The number of likely N-dealkylation sites (tertiary alicyclic amines) is 1. The third kappa shape index (κ3) is 8.51. The molecular formula is C36H45N3O7. The average molecular weight is 632 g/mol. The van der Waals surface area contributed by atoms with Crippen molar-refractivity contribution in [3.63, 3.8) is 0 Å². The predicted molar refractivity (Wildman–Crippen MR) is 174 cm³/mol. The molecule has 2 amide bonds. The first-order chi connectivity index (χ1) is 22.4. The second kappa shape index (κ2) is 16.2. The third-order valence-corrected chi connectivity index (χ3v) is 8.89. The number of anilines is 1. The zero-order chi connectivity index (χ0) is 32.5. The molecule has 0 spiro atoms. The van der Waals surface area contributed by atoms with Crippen LogP contribution in [-0.2, 0) is 36.8 Å². The summed E-state index contributed by atoms with van der Waals surface area (Å²) in [5.41, 5.74) is 4.04. The van der Waals surface area contributed by atoms with E-state index in [1.54, 1.807) is 13.2 Å². The van der Waals surface area contributed by atoms with E-state index in [0.29, 0.717) is 24.8 Å². The van der Waals surface area contributed by atoms with E-state index < -0.39 is 24.3 Å². The minimum absolute atomic E-state index is 0.0223. The summed E-state index contributed by atoms with van der Waals surface area (Å²) in [6.07, 6.45) is 1.46. The van der Waals surface area contributed by atoms with Crippen LogP contribution in [0.15, 0.2) is 78.9 Å². The van der Waals surface area contributed by atoms with Gasteiger partial charge >= 0.3 is 12.0 Å². The molecule has 3 aromatic rings. The number of methoxy groups -OCH3 is 2. The Morgan fingerprint density at radius 1 is 0.978 bits per heavy atom. The zero-order valence-electron chi connectivity index (χ0n) is 26.8. The molecule has 246 valence electrons. The summed E-state index contributed by atoms with van der Waals surface area (Å²) < 4.78 is 23.7. The van der Waals surface area contributed by atoms with Gasteiger partial charge in [-0.3, -0.25) is 4.90 Å². The number of nitrogens with zero attached hydrogens (tertiary/aromatic N) is 1. The summed E-state index contributed by atoms with van der Waals surface area (Å²) in [7, 11) is 3.05. The molecular weight excluding hydrogens is 586 g/mol. The highest BCUT2D eigenvalue weighted by molar-refractivity contribution is 5.92. The fourth-order valence-corrected chi connectivity index (χ4v) is 6.35. The summed E-state index contributed by atoms with van der Waals surface area (Å²) >= 11 is 0. The van der Waals surface area contributed by atoms with Crippen LogP contribution >= 0.6 is 0 Å². The van der Waals surface area contributed by atoms with Gasteiger partial charge in [0, 0.05) is 43.3 Å². The van der Waals surface area contributed by atoms with Crippen LogP contribution in [0, 0.1) is 5.92 Å². The molecule has 10 nitrogen and oxygen atoms in total. The first-order valence-corrected chi connectivity index (χ1v) is 15.9.